The highest BCUT2D eigenvalue weighted by molar-refractivity contribution is 7.98. The van der Waals surface area contributed by atoms with E-state index in [2.05, 4.69) is 15.0 Å². The van der Waals surface area contributed by atoms with E-state index in [0.29, 0.717) is 22.6 Å². The second-order valence-electron chi connectivity index (χ2n) is 5.78. The number of hydrogen-bond acceptors (Lipinski definition) is 5. The van der Waals surface area contributed by atoms with Gasteiger partial charge in [-0.25, -0.2) is 19.3 Å². The van der Waals surface area contributed by atoms with Gasteiger partial charge in [-0.3, -0.25) is 0 Å². The van der Waals surface area contributed by atoms with Gasteiger partial charge in [-0.15, -0.1) is 0 Å². The molecule has 0 aliphatic heterocycles. The summed E-state index contributed by atoms with van der Waals surface area (Å²) in [6, 6.07) is 12.2. The van der Waals surface area contributed by atoms with Crippen molar-refractivity contribution in [3.8, 4) is 11.3 Å². The fraction of sp³-hybridized carbons (Fsp3) is 0.105. The Morgan fingerprint density at radius 3 is 2.46 bits per heavy atom. The highest BCUT2D eigenvalue weighted by Gasteiger charge is 2.35. The summed E-state index contributed by atoms with van der Waals surface area (Å²) in [6.07, 6.45) is -3.15. The first-order valence-corrected chi connectivity index (χ1v) is 9.06. The summed E-state index contributed by atoms with van der Waals surface area (Å²) < 4.78 is 57.9. The summed E-state index contributed by atoms with van der Waals surface area (Å²) in [7, 11) is 0. The molecule has 4 aromatic rings. The van der Waals surface area contributed by atoms with Crippen molar-refractivity contribution in [3.63, 3.8) is 0 Å². The van der Waals surface area contributed by atoms with Crippen molar-refractivity contribution in [2.75, 3.05) is 0 Å². The molecule has 4 nitrogen and oxygen atoms in total. The van der Waals surface area contributed by atoms with Gasteiger partial charge in [-0.2, -0.15) is 13.2 Å². The van der Waals surface area contributed by atoms with Gasteiger partial charge in [-0.05, 0) is 30.3 Å². The van der Waals surface area contributed by atoms with Crippen LogP contribution in [0.25, 0.3) is 22.2 Å². The first-order valence-electron chi connectivity index (χ1n) is 8.07. The maximum absolute atomic E-state index is 13.1. The zero-order chi connectivity index (χ0) is 19.7. The number of hydrogen-bond donors (Lipinski definition) is 0. The molecule has 0 saturated heterocycles. The molecule has 0 N–H and O–H groups in total. The van der Waals surface area contributed by atoms with Crippen molar-refractivity contribution < 1.29 is 22.0 Å². The standard InChI is InChI=1S/C19H11F4N3OS/c20-12-7-5-11(6-8-12)15-9-24-16(27-15)10-28-17-13-3-1-2-4-14(13)25-18(26-17)19(21,22)23/h1-9H,10H2. The summed E-state index contributed by atoms with van der Waals surface area (Å²) in [6.45, 7) is 0. The molecule has 0 aliphatic rings. The second-order valence-corrected chi connectivity index (χ2v) is 6.75. The molecular weight excluding hydrogens is 394 g/mol. The summed E-state index contributed by atoms with van der Waals surface area (Å²) in [5, 5.41) is 0.713. The van der Waals surface area contributed by atoms with Crippen molar-refractivity contribution in [1.82, 2.24) is 15.0 Å². The number of fused-ring (bicyclic) bond motifs is 1. The molecule has 2 aromatic carbocycles. The van der Waals surface area contributed by atoms with Crippen LogP contribution in [-0.2, 0) is 11.9 Å². The van der Waals surface area contributed by atoms with Gasteiger partial charge in [0.25, 0.3) is 0 Å². The minimum absolute atomic E-state index is 0.180. The van der Waals surface area contributed by atoms with Crippen molar-refractivity contribution in [1.29, 1.82) is 0 Å². The average molecular weight is 405 g/mol. The van der Waals surface area contributed by atoms with Crippen LogP contribution in [0.1, 0.15) is 11.7 Å². The van der Waals surface area contributed by atoms with Gasteiger partial charge >= 0.3 is 6.18 Å². The molecule has 0 spiro atoms. The lowest BCUT2D eigenvalue weighted by Crippen LogP contribution is -2.11. The lowest BCUT2D eigenvalue weighted by molar-refractivity contribution is -0.145. The van der Waals surface area contributed by atoms with E-state index in [4.69, 9.17) is 4.42 Å². The van der Waals surface area contributed by atoms with Crippen molar-refractivity contribution in [2.24, 2.45) is 0 Å². The summed E-state index contributed by atoms with van der Waals surface area (Å²) in [5.41, 5.74) is 0.865. The second kappa shape index (κ2) is 7.23. The minimum atomic E-state index is -4.64. The van der Waals surface area contributed by atoms with Crippen LogP contribution in [-0.4, -0.2) is 15.0 Å². The summed E-state index contributed by atoms with van der Waals surface area (Å²) in [5.74, 6) is -0.609. The molecule has 0 aliphatic carbocycles. The van der Waals surface area contributed by atoms with Crippen LogP contribution in [0.3, 0.4) is 0 Å². The first kappa shape index (κ1) is 18.4. The van der Waals surface area contributed by atoms with Gasteiger partial charge in [0.05, 0.1) is 17.5 Å². The van der Waals surface area contributed by atoms with Gasteiger partial charge in [0, 0.05) is 10.9 Å². The minimum Gasteiger partial charge on any atom is -0.440 e. The Morgan fingerprint density at radius 1 is 0.964 bits per heavy atom. The molecular formula is C19H11F4N3OS. The van der Waals surface area contributed by atoms with E-state index in [9.17, 15) is 17.6 Å². The maximum atomic E-state index is 13.1. The van der Waals surface area contributed by atoms with Crippen LogP contribution in [0.2, 0.25) is 0 Å². The number of halogens is 4. The Morgan fingerprint density at radius 2 is 1.71 bits per heavy atom. The number of thioether (sulfide) groups is 1. The van der Waals surface area contributed by atoms with Crippen LogP contribution in [0.4, 0.5) is 17.6 Å². The lowest BCUT2D eigenvalue weighted by Gasteiger charge is -2.09. The third kappa shape index (κ3) is 3.84. The third-order valence-corrected chi connectivity index (χ3v) is 4.81. The van der Waals surface area contributed by atoms with Crippen molar-refractivity contribution >= 4 is 22.7 Å². The Balaban J connectivity index is 1.60. The topological polar surface area (TPSA) is 51.8 Å². The smallest absolute Gasteiger partial charge is 0.440 e. The summed E-state index contributed by atoms with van der Waals surface area (Å²) in [4.78, 5) is 11.4. The predicted molar refractivity (Wildman–Crippen MR) is 96.0 cm³/mol. The van der Waals surface area contributed by atoms with E-state index in [-0.39, 0.29) is 22.1 Å². The Labute approximate surface area is 160 Å². The fourth-order valence-corrected chi connectivity index (χ4v) is 3.41. The van der Waals surface area contributed by atoms with Gasteiger partial charge < -0.3 is 4.42 Å². The highest BCUT2D eigenvalue weighted by Crippen LogP contribution is 2.33. The van der Waals surface area contributed by atoms with Crippen LogP contribution >= 0.6 is 11.8 Å². The van der Waals surface area contributed by atoms with Gasteiger partial charge in [-0.1, -0.05) is 30.0 Å². The molecule has 2 aromatic heterocycles. The molecule has 0 saturated carbocycles. The molecule has 0 amide bonds. The van der Waals surface area contributed by atoms with E-state index >= 15 is 0 Å². The first-order chi connectivity index (χ1) is 13.4. The van der Waals surface area contributed by atoms with Gasteiger partial charge in [0.2, 0.25) is 11.7 Å². The number of para-hydroxylation sites is 1. The van der Waals surface area contributed by atoms with Crippen LogP contribution in [0, 0.1) is 5.82 Å². The van der Waals surface area contributed by atoms with Crippen molar-refractivity contribution in [3.05, 3.63) is 72.3 Å². The molecule has 28 heavy (non-hydrogen) atoms. The fourth-order valence-electron chi connectivity index (χ4n) is 2.54. The Bertz CT molecular complexity index is 1130. The average Bonchev–Trinajstić information content (AvgIpc) is 3.15. The van der Waals surface area contributed by atoms with Gasteiger partial charge in [0.1, 0.15) is 10.8 Å². The largest absolute Gasteiger partial charge is 0.451 e. The zero-order valence-electron chi connectivity index (χ0n) is 14.1. The quantitative estimate of drug-likeness (QED) is 0.246. The normalized spacial score (nSPS) is 11.9. The van der Waals surface area contributed by atoms with E-state index < -0.39 is 12.0 Å². The van der Waals surface area contributed by atoms with E-state index in [0.717, 1.165) is 11.8 Å². The van der Waals surface area contributed by atoms with Crippen LogP contribution < -0.4 is 0 Å². The van der Waals surface area contributed by atoms with E-state index in [1.165, 1.54) is 24.4 Å². The van der Waals surface area contributed by atoms with Crippen LogP contribution in [0.5, 0.6) is 0 Å². The number of aromatic nitrogens is 3. The predicted octanol–water partition coefficient (Wildman–Crippen LogP) is 5.74. The molecule has 2 heterocycles. The maximum Gasteiger partial charge on any atom is 0.451 e. The SMILES string of the molecule is Fc1ccc(-c2cnc(CSc3nc(C(F)(F)F)nc4ccccc34)o2)cc1. The van der Waals surface area contributed by atoms with Crippen molar-refractivity contribution in [2.45, 2.75) is 17.0 Å². The Hall–Kier alpha value is -2.94. The summed E-state index contributed by atoms with van der Waals surface area (Å²) >= 11 is 1.08. The number of nitrogens with zero attached hydrogens (tertiary/aromatic N) is 3. The Kier molecular flexibility index (Phi) is 4.76. The zero-order valence-corrected chi connectivity index (χ0v) is 14.9. The molecule has 0 radical (unpaired) electrons. The lowest BCUT2D eigenvalue weighted by atomic mass is 10.2. The van der Waals surface area contributed by atoms with E-state index in [1.807, 2.05) is 0 Å². The van der Waals surface area contributed by atoms with E-state index in [1.54, 1.807) is 30.3 Å². The molecule has 0 atom stereocenters. The monoisotopic (exact) mass is 405 g/mol. The number of alkyl halides is 3. The van der Waals surface area contributed by atoms with Crippen LogP contribution in [0.15, 0.2) is 64.2 Å². The molecule has 142 valence electrons. The molecule has 0 unspecified atom stereocenters. The molecule has 0 fully saturated rings. The highest BCUT2D eigenvalue weighted by atomic mass is 32.2. The third-order valence-electron chi connectivity index (χ3n) is 3.84. The molecule has 9 heteroatoms. The number of rotatable bonds is 4. The molecule has 0 bridgehead atoms. The number of benzene rings is 2. The molecule has 4 rings (SSSR count). The number of oxazole rings is 1. The van der Waals surface area contributed by atoms with Gasteiger partial charge in [0.15, 0.2) is 5.76 Å².